The molecular weight excluding hydrogens is 406 g/mol. The maximum atomic E-state index is 12.0. The summed E-state index contributed by atoms with van der Waals surface area (Å²) in [6.45, 7) is 0.483. The number of nitrogens with zero attached hydrogens (tertiary/aromatic N) is 2. The van der Waals surface area contributed by atoms with Crippen LogP contribution in [0.2, 0.25) is 0 Å². The molecule has 3 aromatic rings. The molecule has 8 heteroatoms. The van der Waals surface area contributed by atoms with Crippen LogP contribution in [0.15, 0.2) is 48.7 Å². The first-order valence-corrected chi connectivity index (χ1v) is 10.5. The quantitative estimate of drug-likeness (QED) is 0.446. The van der Waals surface area contributed by atoms with Crippen molar-refractivity contribution < 1.29 is 14.3 Å². The second kappa shape index (κ2) is 11.1. The molecule has 0 spiro atoms. The molecular formula is C24H29N5O3. The number of hydrogen-bond acceptors (Lipinski definition) is 7. The van der Waals surface area contributed by atoms with E-state index in [0.717, 1.165) is 17.5 Å². The Morgan fingerprint density at radius 3 is 2.62 bits per heavy atom. The molecule has 5 N–H and O–H groups in total. The lowest BCUT2D eigenvalue weighted by Gasteiger charge is -2.11. The lowest BCUT2D eigenvalue weighted by atomic mass is 10.1. The standard InChI is InChI=1S/C24H29N5O3/c1-31-20-10-8-16(13-21(20)32-2)9-11-22-27-15-19(26)24(29-22)17-5-3-6-18(14-17)28-23(30)7-4-12-25/h3,5-6,8,10,13-15H,4,7,9,11-12,25-26H2,1-2H3,(H,28,30). The summed E-state index contributed by atoms with van der Waals surface area (Å²) in [6, 6.07) is 13.3. The molecule has 0 aliphatic rings. The molecule has 2 aromatic carbocycles. The third kappa shape index (κ3) is 5.95. The molecule has 0 bridgehead atoms. The summed E-state index contributed by atoms with van der Waals surface area (Å²) >= 11 is 0. The Morgan fingerprint density at radius 2 is 1.88 bits per heavy atom. The number of nitrogen functional groups attached to an aromatic ring is 1. The number of carbonyl (C=O) groups is 1. The molecule has 168 valence electrons. The number of rotatable bonds is 10. The zero-order valence-electron chi connectivity index (χ0n) is 18.4. The number of carbonyl (C=O) groups excluding carboxylic acids is 1. The Morgan fingerprint density at radius 1 is 1.06 bits per heavy atom. The molecule has 0 radical (unpaired) electrons. The minimum Gasteiger partial charge on any atom is -0.493 e. The maximum Gasteiger partial charge on any atom is 0.224 e. The predicted molar refractivity (Wildman–Crippen MR) is 126 cm³/mol. The third-order valence-corrected chi connectivity index (χ3v) is 4.98. The van der Waals surface area contributed by atoms with E-state index in [4.69, 9.17) is 20.9 Å². The number of amides is 1. The lowest BCUT2D eigenvalue weighted by Crippen LogP contribution is -2.13. The topological polar surface area (TPSA) is 125 Å². The minimum absolute atomic E-state index is 0.0705. The van der Waals surface area contributed by atoms with Crippen molar-refractivity contribution in [3.63, 3.8) is 0 Å². The number of nitrogens with two attached hydrogens (primary N) is 2. The van der Waals surface area contributed by atoms with Crippen molar-refractivity contribution in [1.82, 2.24) is 9.97 Å². The van der Waals surface area contributed by atoms with Gasteiger partial charge >= 0.3 is 0 Å². The highest BCUT2D eigenvalue weighted by Crippen LogP contribution is 2.29. The van der Waals surface area contributed by atoms with Crippen molar-refractivity contribution in [1.29, 1.82) is 0 Å². The fourth-order valence-electron chi connectivity index (χ4n) is 3.30. The molecule has 0 aliphatic carbocycles. The van der Waals surface area contributed by atoms with Crippen molar-refractivity contribution in [3.8, 4) is 22.8 Å². The molecule has 0 atom stereocenters. The molecule has 0 saturated carbocycles. The molecule has 0 fully saturated rings. The Balaban J connectivity index is 1.75. The zero-order valence-corrected chi connectivity index (χ0v) is 18.4. The molecule has 1 amide bonds. The monoisotopic (exact) mass is 435 g/mol. The number of methoxy groups -OCH3 is 2. The number of anilines is 2. The average Bonchev–Trinajstić information content (AvgIpc) is 2.82. The molecule has 0 saturated heterocycles. The molecule has 0 aliphatic heterocycles. The Bertz CT molecular complexity index is 1070. The highest BCUT2D eigenvalue weighted by Gasteiger charge is 2.11. The first-order chi connectivity index (χ1) is 15.5. The van der Waals surface area contributed by atoms with Crippen LogP contribution in [0.5, 0.6) is 11.5 Å². The summed E-state index contributed by atoms with van der Waals surface area (Å²) in [5, 5.41) is 2.89. The van der Waals surface area contributed by atoms with Crippen LogP contribution >= 0.6 is 0 Å². The normalized spacial score (nSPS) is 10.6. The van der Waals surface area contributed by atoms with Gasteiger partial charge in [-0.1, -0.05) is 18.2 Å². The Hall–Kier alpha value is -3.65. The van der Waals surface area contributed by atoms with E-state index in [-0.39, 0.29) is 5.91 Å². The summed E-state index contributed by atoms with van der Waals surface area (Å²) in [5.41, 5.74) is 15.3. The van der Waals surface area contributed by atoms with Crippen LogP contribution in [0.25, 0.3) is 11.3 Å². The summed E-state index contributed by atoms with van der Waals surface area (Å²) in [6.07, 6.45) is 4.03. The van der Waals surface area contributed by atoms with E-state index in [1.807, 2.05) is 42.5 Å². The molecule has 8 nitrogen and oxygen atoms in total. The van der Waals surface area contributed by atoms with Crippen molar-refractivity contribution in [3.05, 3.63) is 60.0 Å². The Kier molecular flexibility index (Phi) is 7.99. The van der Waals surface area contributed by atoms with Crippen molar-refractivity contribution in [2.24, 2.45) is 5.73 Å². The highest BCUT2D eigenvalue weighted by atomic mass is 16.5. The van der Waals surface area contributed by atoms with Gasteiger partial charge in [0.15, 0.2) is 11.5 Å². The summed E-state index contributed by atoms with van der Waals surface area (Å²) in [7, 11) is 3.23. The predicted octanol–water partition coefficient (Wildman–Crippen LogP) is 3.21. The van der Waals surface area contributed by atoms with E-state index in [1.54, 1.807) is 20.4 Å². The van der Waals surface area contributed by atoms with Gasteiger partial charge in [0.25, 0.3) is 0 Å². The summed E-state index contributed by atoms with van der Waals surface area (Å²) in [4.78, 5) is 21.1. The van der Waals surface area contributed by atoms with E-state index >= 15 is 0 Å². The number of aryl methyl sites for hydroxylation is 2. The number of nitrogens with one attached hydrogen (secondary N) is 1. The van der Waals surface area contributed by atoms with E-state index in [2.05, 4.69) is 15.3 Å². The second-order valence-corrected chi connectivity index (χ2v) is 7.30. The van der Waals surface area contributed by atoms with Gasteiger partial charge in [0, 0.05) is 24.1 Å². The fourth-order valence-corrected chi connectivity index (χ4v) is 3.30. The van der Waals surface area contributed by atoms with Gasteiger partial charge in [-0.15, -0.1) is 0 Å². The van der Waals surface area contributed by atoms with Crippen LogP contribution in [0, 0.1) is 0 Å². The fraction of sp³-hybridized carbons (Fsp3) is 0.292. The second-order valence-electron chi connectivity index (χ2n) is 7.30. The maximum absolute atomic E-state index is 12.0. The van der Waals surface area contributed by atoms with Crippen LogP contribution in [0.4, 0.5) is 11.4 Å². The minimum atomic E-state index is -0.0705. The van der Waals surface area contributed by atoms with Crippen LogP contribution in [0.1, 0.15) is 24.2 Å². The molecule has 32 heavy (non-hydrogen) atoms. The molecule has 0 unspecified atom stereocenters. The van der Waals surface area contributed by atoms with Gasteiger partial charge in [-0.2, -0.15) is 0 Å². The smallest absolute Gasteiger partial charge is 0.224 e. The van der Waals surface area contributed by atoms with Gasteiger partial charge < -0.3 is 26.3 Å². The van der Waals surface area contributed by atoms with Gasteiger partial charge in [0.2, 0.25) is 5.91 Å². The van der Waals surface area contributed by atoms with E-state index in [1.165, 1.54) is 0 Å². The number of benzene rings is 2. The summed E-state index contributed by atoms with van der Waals surface area (Å²) < 4.78 is 10.7. The highest BCUT2D eigenvalue weighted by molar-refractivity contribution is 5.91. The molecule has 3 rings (SSSR count). The van der Waals surface area contributed by atoms with Crippen LogP contribution in [-0.2, 0) is 17.6 Å². The lowest BCUT2D eigenvalue weighted by molar-refractivity contribution is -0.116. The van der Waals surface area contributed by atoms with E-state index in [0.29, 0.717) is 60.2 Å². The third-order valence-electron chi connectivity index (χ3n) is 4.98. The zero-order chi connectivity index (χ0) is 22.9. The van der Waals surface area contributed by atoms with Crippen LogP contribution < -0.4 is 26.3 Å². The van der Waals surface area contributed by atoms with Gasteiger partial charge in [-0.3, -0.25) is 4.79 Å². The van der Waals surface area contributed by atoms with Gasteiger partial charge in [0.1, 0.15) is 5.82 Å². The first-order valence-electron chi connectivity index (χ1n) is 10.5. The average molecular weight is 436 g/mol. The number of hydrogen-bond donors (Lipinski definition) is 3. The number of aromatic nitrogens is 2. The molecule has 1 aromatic heterocycles. The van der Waals surface area contributed by atoms with Gasteiger partial charge in [-0.05, 0) is 49.2 Å². The van der Waals surface area contributed by atoms with Crippen molar-refractivity contribution in [2.45, 2.75) is 25.7 Å². The van der Waals surface area contributed by atoms with Crippen LogP contribution in [0.3, 0.4) is 0 Å². The Labute approximate surface area is 188 Å². The summed E-state index contributed by atoms with van der Waals surface area (Å²) in [5.74, 6) is 1.99. The largest absolute Gasteiger partial charge is 0.493 e. The first kappa shape index (κ1) is 23.0. The molecule has 1 heterocycles. The van der Waals surface area contributed by atoms with Crippen LogP contribution in [-0.4, -0.2) is 36.6 Å². The van der Waals surface area contributed by atoms with E-state index in [9.17, 15) is 4.79 Å². The SMILES string of the molecule is COc1ccc(CCc2ncc(N)c(-c3cccc(NC(=O)CCCN)c3)n2)cc1OC. The van der Waals surface area contributed by atoms with Gasteiger partial charge in [0.05, 0.1) is 31.8 Å². The van der Waals surface area contributed by atoms with Crippen molar-refractivity contribution in [2.75, 3.05) is 31.8 Å². The van der Waals surface area contributed by atoms with Gasteiger partial charge in [-0.25, -0.2) is 9.97 Å². The number of ether oxygens (including phenoxy) is 2. The van der Waals surface area contributed by atoms with Crippen molar-refractivity contribution >= 4 is 17.3 Å². The van der Waals surface area contributed by atoms with E-state index < -0.39 is 0 Å².